The minimum absolute atomic E-state index is 0.214. The third kappa shape index (κ3) is 3.54. The summed E-state index contributed by atoms with van der Waals surface area (Å²) in [4.78, 5) is 20.7. The number of pyridine rings is 1. The van der Waals surface area contributed by atoms with Crippen LogP contribution in [0.15, 0.2) is 48.1 Å². The number of carbonyl (C=O) groups is 1. The van der Waals surface area contributed by atoms with Gasteiger partial charge in [0.15, 0.2) is 5.13 Å². The first-order chi connectivity index (χ1) is 11.1. The van der Waals surface area contributed by atoms with E-state index in [0.29, 0.717) is 10.8 Å². The number of carbonyl (C=O) groups excluding carboxylic acids is 1. The number of hydrogen-bond donors (Lipinski definition) is 2. The van der Waals surface area contributed by atoms with Crippen molar-refractivity contribution in [2.45, 2.75) is 13.8 Å². The SMILES string of the molecule is Cc1cccc(NC(=O)c2csc(Nc3cccnc3)n2)c1C. The Kier molecular flexibility index (Phi) is 4.34. The first kappa shape index (κ1) is 15.2. The van der Waals surface area contributed by atoms with Gasteiger partial charge in [-0.15, -0.1) is 11.3 Å². The van der Waals surface area contributed by atoms with Crippen molar-refractivity contribution in [3.05, 3.63) is 64.9 Å². The summed E-state index contributed by atoms with van der Waals surface area (Å²) in [5, 5.41) is 8.43. The van der Waals surface area contributed by atoms with Crippen LogP contribution in [0.3, 0.4) is 0 Å². The lowest BCUT2D eigenvalue weighted by Gasteiger charge is -2.09. The highest BCUT2D eigenvalue weighted by Crippen LogP contribution is 2.22. The smallest absolute Gasteiger partial charge is 0.275 e. The summed E-state index contributed by atoms with van der Waals surface area (Å²) in [7, 11) is 0. The number of aryl methyl sites for hydroxylation is 1. The first-order valence-electron chi connectivity index (χ1n) is 7.13. The number of thiazole rings is 1. The molecule has 0 aliphatic rings. The maximum atomic E-state index is 12.3. The summed E-state index contributed by atoms with van der Waals surface area (Å²) in [6.45, 7) is 4.01. The zero-order valence-electron chi connectivity index (χ0n) is 12.8. The standard InChI is InChI=1S/C17H16N4OS/c1-11-5-3-7-14(12(11)2)20-16(22)15-10-23-17(21-15)19-13-6-4-8-18-9-13/h3-10H,1-2H3,(H,19,21)(H,20,22). The van der Waals surface area contributed by atoms with Gasteiger partial charge in [0.2, 0.25) is 0 Å². The van der Waals surface area contributed by atoms with Gasteiger partial charge in [0.05, 0.1) is 11.9 Å². The summed E-state index contributed by atoms with van der Waals surface area (Å²) in [5.41, 5.74) is 4.24. The second-order valence-corrected chi connectivity index (χ2v) is 5.96. The van der Waals surface area contributed by atoms with E-state index in [-0.39, 0.29) is 5.91 Å². The molecule has 0 unspecified atom stereocenters. The van der Waals surface area contributed by atoms with Crippen LogP contribution in [-0.2, 0) is 0 Å². The average molecular weight is 324 g/mol. The maximum absolute atomic E-state index is 12.3. The topological polar surface area (TPSA) is 66.9 Å². The Hall–Kier alpha value is -2.73. The zero-order chi connectivity index (χ0) is 16.2. The van der Waals surface area contributed by atoms with Gasteiger partial charge < -0.3 is 10.6 Å². The number of rotatable bonds is 4. The molecule has 1 aromatic carbocycles. The first-order valence-corrected chi connectivity index (χ1v) is 8.01. The Balaban J connectivity index is 1.72. The quantitative estimate of drug-likeness (QED) is 0.756. The van der Waals surface area contributed by atoms with Crippen molar-refractivity contribution in [2.24, 2.45) is 0 Å². The molecule has 0 atom stereocenters. The Bertz CT molecular complexity index is 830. The van der Waals surface area contributed by atoms with E-state index in [9.17, 15) is 4.79 Å². The molecule has 0 saturated heterocycles. The molecule has 5 nitrogen and oxygen atoms in total. The van der Waals surface area contributed by atoms with Crippen LogP contribution in [-0.4, -0.2) is 15.9 Å². The molecule has 0 saturated carbocycles. The summed E-state index contributed by atoms with van der Waals surface area (Å²) < 4.78 is 0. The van der Waals surface area contributed by atoms with E-state index in [1.807, 2.05) is 44.2 Å². The monoisotopic (exact) mass is 324 g/mol. The van der Waals surface area contributed by atoms with Gasteiger partial charge in [0.25, 0.3) is 5.91 Å². The molecule has 3 rings (SSSR count). The molecule has 23 heavy (non-hydrogen) atoms. The maximum Gasteiger partial charge on any atom is 0.275 e. The third-order valence-electron chi connectivity index (χ3n) is 3.50. The van der Waals surface area contributed by atoms with Gasteiger partial charge >= 0.3 is 0 Å². The number of aromatic nitrogens is 2. The van der Waals surface area contributed by atoms with Gasteiger partial charge in [-0.2, -0.15) is 0 Å². The Morgan fingerprint density at radius 3 is 2.83 bits per heavy atom. The molecule has 0 bridgehead atoms. The van der Waals surface area contributed by atoms with Crippen molar-refractivity contribution in [1.29, 1.82) is 0 Å². The van der Waals surface area contributed by atoms with Gasteiger partial charge in [0, 0.05) is 17.3 Å². The number of nitrogens with one attached hydrogen (secondary N) is 2. The van der Waals surface area contributed by atoms with Crippen molar-refractivity contribution in [1.82, 2.24) is 9.97 Å². The largest absolute Gasteiger partial charge is 0.330 e. The van der Waals surface area contributed by atoms with Gasteiger partial charge in [-0.25, -0.2) is 4.98 Å². The normalized spacial score (nSPS) is 10.3. The molecule has 0 spiro atoms. The van der Waals surface area contributed by atoms with E-state index in [2.05, 4.69) is 20.6 Å². The van der Waals surface area contributed by atoms with Crippen LogP contribution in [0.25, 0.3) is 0 Å². The van der Waals surface area contributed by atoms with Crippen LogP contribution in [0.4, 0.5) is 16.5 Å². The lowest BCUT2D eigenvalue weighted by atomic mass is 10.1. The van der Waals surface area contributed by atoms with Crippen LogP contribution in [0.5, 0.6) is 0 Å². The zero-order valence-corrected chi connectivity index (χ0v) is 13.6. The molecule has 6 heteroatoms. The van der Waals surface area contributed by atoms with Crippen LogP contribution in [0, 0.1) is 13.8 Å². The summed E-state index contributed by atoms with van der Waals surface area (Å²) in [5.74, 6) is -0.214. The molecule has 0 fully saturated rings. The molecule has 0 aliphatic heterocycles. The molecule has 1 amide bonds. The molecular formula is C17H16N4OS. The van der Waals surface area contributed by atoms with Crippen molar-refractivity contribution in [3.63, 3.8) is 0 Å². The number of benzene rings is 1. The number of anilines is 3. The predicted molar refractivity (Wildman–Crippen MR) is 93.5 cm³/mol. The highest BCUT2D eigenvalue weighted by molar-refractivity contribution is 7.14. The summed E-state index contributed by atoms with van der Waals surface area (Å²) in [6.07, 6.45) is 3.41. The van der Waals surface area contributed by atoms with Crippen molar-refractivity contribution >= 4 is 33.8 Å². The average Bonchev–Trinajstić information content (AvgIpc) is 3.01. The second-order valence-electron chi connectivity index (χ2n) is 5.11. The molecule has 0 radical (unpaired) electrons. The van der Waals surface area contributed by atoms with Gasteiger partial charge in [0.1, 0.15) is 5.69 Å². The molecular weight excluding hydrogens is 308 g/mol. The molecule has 116 valence electrons. The van der Waals surface area contributed by atoms with Gasteiger partial charge in [-0.3, -0.25) is 9.78 Å². The molecule has 0 aliphatic carbocycles. The Morgan fingerprint density at radius 1 is 1.17 bits per heavy atom. The van der Waals surface area contributed by atoms with E-state index in [1.54, 1.807) is 17.8 Å². The number of hydrogen-bond acceptors (Lipinski definition) is 5. The fraction of sp³-hybridized carbons (Fsp3) is 0.118. The predicted octanol–water partition coefficient (Wildman–Crippen LogP) is 4.15. The lowest BCUT2D eigenvalue weighted by Crippen LogP contribution is -2.13. The van der Waals surface area contributed by atoms with Gasteiger partial charge in [-0.1, -0.05) is 12.1 Å². The van der Waals surface area contributed by atoms with Crippen LogP contribution in [0.1, 0.15) is 21.6 Å². The van der Waals surface area contributed by atoms with E-state index < -0.39 is 0 Å². The highest BCUT2D eigenvalue weighted by atomic mass is 32.1. The van der Waals surface area contributed by atoms with Crippen LogP contribution >= 0.6 is 11.3 Å². The fourth-order valence-electron chi connectivity index (χ4n) is 2.07. The number of nitrogens with zero attached hydrogens (tertiary/aromatic N) is 2. The second kappa shape index (κ2) is 6.58. The van der Waals surface area contributed by atoms with Crippen LogP contribution < -0.4 is 10.6 Å². The van der Waals surface area contributed by atoms with Crippen molar-refractivity contribution in [2.75, 3.05) is 10.6 Å². The molecule has 2 aromatic heterocycles. The molecule has 2 N–H and O–H groups in total. The minimum Gasteiger partial charge on any atom is -0.330 e. The van der Waals surface area contributed by atoms with Crippen LogP contribution in [0.2, 0.25) is 0 Å². The summed E-state index contributed by atoms with van der Waals surface area (Å²) in [6, 6.07) is 9.56. The van der Waals surface area contributed by atoms with E-state index in [1.165, 1.54) is 11.3 Å². The molecule has 3 aromatic rings. The van der Waals surface area contributed by atoms with Crippen molar-refractivity contribution < 1.29 is 4.79 Å². The number of amides is 1. The third-order valence-corrected chi connectivity index (χ3v) is 4.26. The highest BCUT2D eigenvalue weighted by Gasteiger charge is 2.12. The minimum atomic E-state index is -0.214. The van der Waals surface area contributed by atoms with E-state index in [4.69, 9.17) is 0 Å². The lowest BCUT2D eigenvalue weighted by molar-refractivity contribution is 0.102. The Labute approximate surface area is 138 Å². The van der Waals surface area contributed by atoms with E-state index in [0.717, 1.165) is 22.5 Å². The fourth-order valence-corrected chi connectivity index (χ4v) is 2.78. The van der Waals surface area contributed by atoms with Gasteiger partial charge in [-0.05, 0) is 43.2 Å². The summed E-state index contributed by atoms with van der Waals surface area (Å²) >= 11 is 1.38. The van der Waals surface area contributed by atoms with Crippen molar-refractivity contribution in [3.8, 4) is 0 Å². The Morgan fingerprint density at radius 2 is 2.04 bits per heavy atom. The molecule has 2 heterocycles. The van der Waals surface area contributed by atoms with E-state index >= 15 is 0 Å².